The molecule has 5 nitrogen and oxygen atoms in total. The van der Waals surface area contributed by atoms with Crippen LogP contribution < -0.4 is 16.0 Å². The van der Waals surface area contributed by atoms with E-state index in [2.05, 4.69) is 16.0 Å². The van der Waals surface area contributed by atoms with Crippen LogP contribution in [-0.4, -0.2) is 25.4 Å². The maximum absolute atomic E-state index is 11.6. The normalized spacial score (nSPS) is 10.1. The second kappa shape index (κ2) is 7.76. The molecule has 0 saturated carbocycles. The van der Waals surface area contributed by atoms with Crippen molar-refractivity contribution in [2.75, 3.05) is 24.2 Å². The first-order chi connectivity index (χ1) is 9.02. The van der Waals surface area contributed by atoms with Crippen LogP contribution in [0.4, 0.5) is 11.4 Å². The predicted molar refractivity (Wildman–Crippen MR) is 77.5 cm³/mol. The summed E-state index contributed by atoms with van der Waals surface area (Å²) in [5.41, 5.74) is 1.15. The maximum atomic E-state index is 11.6. The van der Waals surface area contributed by atoms with Crippen molar-refractivity contribution < 1.29 is 9.59 Å². The topological polar surface area (TPSA) is 70.2 Å². The SMILES string of the molecule is CNCCCC(=O)Nc1ccc(NC(C)=O)c(Cl)c1. The molecule has 1 rings (SSSR count). The minimum absolute atomic E-state index is 0.0569. The van der Waals surface area contributed by atoms with E-state index in [1.807, 2.05) is 7.05 Å². The Balaban J connectivity index is 2.58. The third kappa shape index (κ3) is 5.72. The fourth-order valence-corrected chi connectivity index (χ4v) is 1.76. The number of carbonyl (C=O) groups is 2. The zero-order valence-electron chi connectivity index (χ0n) is 11.0. The Bertz CT molecular complexity index is 463. The van der Waals surface area contributed by atoms with Crippen molar-refractivity contribution in [2.45, 2.75) is 19.8 Å². The molecule has 1 aromatic rings. The summed E-state index contributed by atoms with van der Waals surface area (Å²) >= 11 is 6.01. The minimum Gasteiger partial charge on any atom is -0.326 e. The largest absolute Gasteiger partial charge is 0.326 e. The summed E-state index contributed by atoms with van der Waals surface area (Å²) in [6.07, 6.45) is 1.23. The van der Waals surface area contributed by atoms with E-state index >= 15 is 0 Å². The van der Waals surface area contributed by atoms with Gasteiger partial charge in [-0.2, -0.15) is 0 Å². The molecule has 6 heteroatoms. The van der Waals surface area contributed by atoms with Gasteiger partial charge < -0.3 is 16.0 Å². The maximum Gasteiger partial charge on any atom is 0.224 e. The van der Waals surface area contributed by atoms with E-state index in [0.29, 0.717) is 22.8 Å². The van der Waals surface area contributed by atoms with E-state index in [1.165, 1.54) is 6.92 Å². The zero-order valence-corrected chi connectivity index (χ0v) is 11.8. The van der Waals surface area contributed by atoms with Crippen LogP contribution in [0.15, 0.2) is 18.2 Å². The van der Waals surface area contributed by atoms with E-state index in [1.54, 1.807) is 18.2 Å². The van der Waals surface area contributed by atoms with Crippen LogP contribution in [-0.2, 0) is 9.59 Å². The van der Waals surface area contributed by atoms with Gasteiger partial charge in [0.1, 0.15) is 0 Å². The molecular weight excluding hydrogens is 266 g/mol. The molecule has 104 valence electrons. The van der Waals surface area contributed by atoms with Crippen molar-refractivity contribution in [3.05, 3.63) is 23.2 Å². The van der Waals surface area contributed by atoms with Crippen molar-refractivity contribution in [3.8, 4) is 0 Å². The van der Waals surface area contributed by atoms with Crippen LogP contribution in [0.1, 0.15) is 19.8 Å². The highest BCUT2D eigenvalue weighted by Crippen LogP contribution is 2.25. The Morgan fingerprint density at radius 1 is 1.26 bits per heavy atom. The van der Waals surface area contributed by atoms with E-state index < -0.39 is 0 Å². The lowest BCUT2D eigenvalue weighted by Gasteiger charge is -2.09. The molecule has 19 heavy (non-hydrogen) atoms. The Morgan fingerprint density at radius 2 is 2.00 bits per heavy atom. The molecule has 2 amide bonds. The van der Waals surface area contributed by atoms with E-state index in [4.69, 9.17) is 11.6 Å². The van der Waals surface area contributed by atoms with Gasteiger partial charge >= 0.3 is 0 Å². The molecule has 0 aliphatic rings. The molecule has 0 aliphatic carbocycles. The van der Waals surface area contributed by atoms with Gasteiger partial charge in [0.2, 0.25) is 11.8 Å². The highest BCUT2D eigenvalue weighted by atomic mass is 35.5. The first-order valence-electron chi connectivity index (χ1n) is 6.04. The molecule has 0 heterocycles. The molecule has 0 atom stereocenters. The second-order valence-corrected chi connectivity index (χ2v) is 4.54. The van der Waals surface area contributed by atoms with Gasteiger partial charge in [-0.05, 0) is 38.2 Å². The summed E-state index contributed by atoms with van der Waals surface area (Å²) in [5.74, 6) is -0.246. The van der Waals surface area contributed by atoms with Gasteiger partial charge in [-0.15, -0.1) is 0 Å². The number of carbonyl (C=O) groups excluding carboxylic acids is 2. The van der Waals surface area contributed by atoms with Gasteiger partial charge in [-0.25, -0.2) is 0 Å². The molecule has 3 N–H and O–H groups in total. The number of anilines is 2. The highest BCUT2D eigenvalue weighted by Gasteiger charge is 2.06. The highest BCUT2D eigenvalue weighted by molar-refractivity contribution is 6.34. The number of rotatable bonds is 6. The molecule has 0 saturated heterocycles. The minimum atomic E-state index is -0.189. The number of hydrogen-bond acceptors (Lipinski definition) is 3. The Hall–Kier alpha value is -1.59. The van der Waals surface area contributed by atoms with Crippen LogP contribution in [0, 0.1) is 0 Å². The first-order valence-corrected chi connectivity index (χ1v) is 6.42. The van der Waals surface area contributed by atoms with Gasteiger partial charge in [0.05, 0.1) is 10.7 Å². The molecule has 0 fully saturated rings. The lowest BCUT2D eigenvalue weighted by atomic mass is 10.2. The monoisotopic (exact) mass is 283 g/mol. The van der Waals surface area contributed by atoms with Crippen LogP contribution >= 0.6 is 11.6 Å². The lowest BCUT2D eigenvalue weighted by molar-refractivity contribution is -0.116. The van der Waals surface area contributed by atoms with Crippen molar-refractivity contribution in [1.82, 2.24) is 5.32 Å². The van der Waals surface area contributed by atoms with Crippen molar-refractivity contribution in [2.24, 2.45) is 0 Å². The first kappa shape index (κ1) is 15.5. The van der Waals surface area contributed by atoms with Gasteiger partial charge in [-0.1, -0.05) is 11.6 Å². The van der Waals surface area contributed by atoms with Crippen LogP contribution in [0.25, 0.3) is 0 Å². The number of nitrogens with one attached hydrogen (secondary N) is 3. The predicted octanol–water partition coefficient (Wildman–Crippen LogP) is 2.24. The Morgan fingerprint density at radius 3 is 2.58 bits per heavy atom. The average Bonchev–Trinajstić information content (AvgIpc) is 2.32. The van der Waals surface area contributed by atoms with Crippen molar-refractivity contribution in [3.63, 3.8) is 0 Å². The average molecular weight is 284 g/mol. The number of amides is 2. The number of halogens is 1. The number of hydrogen-bond donors (Lipinski definition) is 3. The van der Waals surface area contributed by atoms with Crippen molar-refractivity contribution >= 4 is 34.8 Å². The van der Waals surface area contributed by atoms with Crippen molar-refractivity contribution in [1.29, 1.82) is 0 Å². The lowest BCUT2D eigenvalue weighted by Crippen LogP contribution is -2.15. The fraction of sp³-hybridized carbons (Fsp3) is 0.385. The van der Waals surface area contributed by atoms with Crippen LogP contribution in [0.2, 0.25) is 5.02 Å². The van der Waals surface area contributed by atoms with Crippen LogP contribution in [0.5, 0.6) is 0 Å². The summed E-state index contributed by atoms with van der Waals surface area (Å²) in [4.78, 5) is 22.5. The van der Waals surface area contributed by atoms with Gasteiger partial charge in [0, 0.05) is 19.0 Å². The van der Waals surface area contributed by atoms with Gasteiger partial charge in [0.15, 0.2) is 0 Å². The third-order valence-corrected chi connectivity index (χ3v) is 2.71. The summed E-state index contributed by atoms with van der Waals surface area (Å²) in [6.45, 7) is 2.21. The van der Waals surface area contributed by atoms with Gasteiger partial charge in [-0.3, -0.25) is 9.59 Å². The number of benzene rings is 1. The summed E-state index contributed by atoms with van der Waals surface area (Å²) in [6, 6.07) is 4.98. The van der Waals surface area contributed by atoms with Crippen LogP contribution in [0.3, 0.4) is 0 Å². The fourth-order valence-electron chi connectivity index (χ4n) is 1.53. The Kier molecular flexibility index (Phi) is 6.32. The molecule has 0 aromatic heterocycles. The quantitative estimate of drug-likeness (QED) is 0.701. The molecular formula is C13H18ClN3O2. The summed E-state index contributed by atoms with van der Waals surface area (Å²) in [7, 11) is 1.85. The van der Waals surface area contributed by atoms with E-state index in [0.717, 1.165) is 13.0 Å². The molecule has 0 unspecified atom stereocenters. The van der Waals surface area contributed by atoms with E-state index in [9.17, 15) is 9.59 Å². The summed E-state index contributed by atoms with van der Waals surface area (Å²) < 4.78 is 0. The summed E-state index contributed by atoms with van der Waals surface area (Å²) in [5, 5.41) is 8.73. The molecule has 0 radical (unpaired) electrons. The zero-order chi connectivity index (χ0) is 14.3. The van der Waals surface area contributed by atoms with E-state index in [-0.39, 0.29) is 11.8 Å². The smallest absolute Gasteiger partial charge is 0.224 e. The second-order valence-electron chi connectivity index (χ2n) is 4.13. The van der Waals surface area contributed by atoms with Gasteiger partial charge in [0.25, 0.3) is 0 Å². The Labute approximate surface area is 117 Å². The molecule has 0 aliphatic heterocycles. The third-order valence-electron chi connectivity index (χ3n) is 2.39. The molecule has 0 spiro atoms. The molecule has 0 bridgehead atoms. The molecule has 1 aromatic carbocycles. The standard InChI is InChI=1S/C13H18ClN3O2/c1-9(18)16-12-6-5-10(8-11(12)14)17-13(19)4-3-7-15-2/h5-6,8,15H,3-4,7H2,1-2H3,(H,16,18)(H,17,19).